The summed E-state index contributed by atoms with van der Waals surface area (Å²) in [5.41, 5.74) is -0.275. The van der Waals surface area contributed by atoms with Gasteiger partial charge in [-0.3, -0.25) is 33.6 Å². The highest BCUT2D eigenvalue weighted by Crippen LogP contribution is 2.26. The van der Waals surface area contributed by atoms with E-state index >= 15 is 4.39 Å². The Hall–Kier alpha value is -6.03. The number of carboxylic acids is 1. The number of aromatic nitrogens is 4. The molecule has 0 aliphatic heterocycles. The molecule has 3 aromatic heterocycles. The first-order valence-electron chi connectivity index (χ1n) is 14.4. The molecular weight excluding hydrogens is 647 g/mol. The van der Waals surface area contributed by atoms with Crippen LogP contribution in [0.15, 0.2) is 87.7 Å². The summed E-state index contributed by atoms with van der Waals surface area (Å²) in [5.74, 6) is -3.82. The van der Waals surface area contributed by atoms with E-state index in [4.69, 9.17) is 0 Å². The lowest BCUT2D eigenvalue weighted by molar-refractivity contribution is -0.139. The number of carboxylic acid groups (broad SMARTS) is 1. The zero-order chi connectivity index (χ0) is 34.3. The van der Waals surface area contributed by atoms with Crippen LogP contribution in [0.4, 0.5) is 10.1 Å². The van der Waals surface area contributed by atoms with Gasteiger partial charge in [0.05, 0.1) is 45.1 Å². The number of ketones is 1. The van der Waals surface area contributed by atoms with E-state index in [0.717, 1.165) is 28.3 Å². The van der Waals surface area contributed by atoms with Gasteiger partial charge in [-0.25, -0.2) is 27.0 Å². The average Bonchev–Trinajstić information content (AvgIpc) is 3.43. The van der Waals surface area contributed by atoms with Crippen LogP contribution in [0.2, 0.25) is 0 Å². The van der Waals surface area contributed by atoms with Gasteiger partial charge in [-0.15, -0.1) is 0 Å². The number of hydrogen-bond donors (Lipinski definition) is 3. The van der Waals surface area contributed by atoms with Crippen LogP contribution in [-0.4, -0.2) is 56.3 Å². The van der Waals surface area contributed by atoms with Gasteiger partial charge in [0.15, 0.2) is 5.78 Å². The SMILES string of the molecule is Cn1c(=O)n(-c2ccc(C[C@H](NC(=O)c3ccc(NS(=O)(=O)c4ccc5c(c4)C(=O)CC5)cc3F)C(=O)O)nc2)c(=O)c2ccncc21. The van der Waals surface area contributed by atoms with E-state index in [9.17, 15) is 37.5 Å². The molecule has 1 aliphatic rings. The molecule has 3 N–H and O–H groups in total. The molecule has 0 fully saturated rings. The molecule has 1 atom stereocenters. The summed E-state index contributed by atoms with van der Waals surface area (Å²) < 4.78 is 45.2. The van der Waals surface area contributed by atoms with Crippen LogP contribution in [0.25, 0.3) is 16.6 Å². The number of pyridine rings is 2. The quantitative estimate of drug-likeness (QED) is 0.208. The number of fused-ring (bicyclic) bond motifs is 2. The fourth-order valence-corrected chi connectivity index (χ4v) is 6.47. The highest BCUT2D eigenvalue weighted by Gasteiger charge is 2.26. The third-order valence-electron chi connectivity index (χ3n) is 7.94. The second kappa shape index (κ2) is 12.3. The Kier molecular flexibility index (Phi) is 8.18. The molecular formula is C32H25FN6O8S. The highest BCUT2D eigenvalue weighted by atomic mass is 32.2. The number of hydrogen-bond acceptors (Lipinski definition) is 9. The van der Waals surface area contributed by atoms with E-state index in [1.165, 1.54) is 60.5 Å². The van der Waals surface area contributed by atoms with E-state index in [-0.39, 0.29) is 39.6 Å². The molecule has 48 heavy (non-hydrogen) atoms. The van der Waals surface area contributed by atoms with Gasteiger partial charge in [0.1, 0.15) is 11.9 Å². The normalized spacial score (nSPS) is 13.2. The lowest BCUT2D eigenvalue weighted by Gasteiger charge is -2.16. The van der Waals surface area contributed by atoms with Crippen molar-refractivity contribution in [3.05, 3.63) is 122 Å². The topological polar surface area (TPSA) is 199 Å². The van der Waals surface area contributed by atoms with Crippen molar-refractivity contribution in [2.75, 3.05) is 4.72 Å². The second-order valence-electron chi connectivity index (χ2n) is 11.0. The maximum Gasteiger partial charge on any atom is 0.335 e. The number of aryl methyl sites for hydroxylation is 2. The van der Waals surface area contributed by atoms with Crippen molar-refractivity contribution in [3.8, 4) is 5.69 Å². The Morgan fingerprint density at radius 3 is 2.52 bits per heavy atom. The van der Waals surface area contributed by atoms with Gasteiger partial charge in [-0.1, -0.05) is 6.07 Å². The van der Waals surface area contributed by atoms with Crippen molar-refractivity contribution >= 4 is 44.3 Å². The van der Waals surface area contributed by atoms with Crippen molar-refractivity contribution in [1.29, 1.82) is 0 Å². The van der Waals surface area contributed by atoms with Crippen LogP contribution in [0.3, 0.4) is 0 Å². The Balaban J connectivity index is 1.16. The first-order chi connectivity index (χ1) is 22.8. The van der Waals surface area contributed by atoms with E-state index in [0.29, 0.717) is 23.9 Å². The molecule has 0 radical (unpaired) electrons. The van der Waals surface area contributed by atoms with Crippen molar-refractivity contribution < 1.29 is 32.3 Å². The summed E-state index contributed by atoms with van der Waals surface area (Å²) >= 11 is 0. The van der Waals surface area contributed by atoms with Crippen molar-refractivity contribution in [1.82, 2.24) is 24.4 Å². The third kappa shape index (κ3) is 5.95. The molecule has 1 aliphatic carbocycles. The van der Waals surface area contributed by atoms with E-state index in [2.05, 4.69) is 20.0 Å². The first kappa shape index (κ1) is 31.9. The molecule has 0 saturated carbocycles. The number of anilines is 1. The number of Topliss-reactive ketones (excluding diaryl/α,β-unsaturated/α-hetero) is 1. The number of amides is 1. The molecule has 16 heteroatoms. The van der Waals surface area contributed by atoms with Gasteiger partial charge in [-0.2, -0.15) is 0 Å². The van der Waals surface area contributed by atoms with Crippen molar-refractivity contribution in [2.45, 2.75) is 30.2 Å². The fraction of sp³-hybridized carbons (Fsp3) is 0.156. The standard InChI is InChI=1S/C32H25FN6O8S/c1-38-27-16-34-11-10-23(27)30(42)39(32(38)45)20-6-4-18(35-15-20)13-26(31(43)44)36-29(41)22-8-5-19(12-25(22)33)37-48(46,47)21-7-2-17-3-9-28(40)24(17)14-21/h2,4-8,10-12,14-16,26,37H,3,9,13H2,1H3,(H,36,41)(H,43,44)/t26-/m0/s1. The zero-order valence-corrected chi connectivity index (χ0v) is 25.8. The fourth-order valence-electron chi connectivity index (χ4n) is 5.40. The van der Waals surface area contributed by atoms with E-state index < -0.39 is 50.6 Å². The van der Waals surface area contributed by atoms with E-state index in [1.807, 2.05) is 0 Å². The smallest absolute Gasteiger partial charge is 0.335 e. The number of sulfonamides is 1. The molecule has 0 unspecified atom stereocenters. The first-order valence-corrected chi connectivity index (χ1v) is 15.9. The van der Waals surface area contributed by atoms with Crippen LogP contribution < -0.4 is 21.3 Å². The molecule has 0 spiro atoms. The summed E-state index contributed by atoms with van der Waals surface area (Å²) in [6.07, 6.45) is 4.52. The summed E-state index contributed by atoms with van der Waals surface area (Å²) in [6, 6.07) is 9.78. The molecule has 244 valence electrons. The number of aliphatic carboxylic acids is 1. The summed E-state index contributed by atoms with van der Waals surface area (Å²) in [4.78, 5) is 70.8. The lowest BCUT2D eigenvalue weighted by Crippen LogP contribution is -2.42. The monoisotopic (exact) mass is 672 g/mol. The predicted molar refractivity (Wildman–Crippen MR) is 169 cm³/mol. The van der Waals surface area contributed by atoms with Gasteiger partial charge >= 0.3 is 11.7 Å². The number of carbonyl (C=O) groups excluding carboxylic acids is 2. The number of nitrogens with one attached hydrogen (secondary N) is 2. The van der Waals surface area contributed by atoms with Gasteiger partial charge in [-0.05, 0) is 60.5 Å². The van der Waals surface area contributed by atoms with Crippen LogP contribution in [-0.2, 0) is 34.7 Å². The van der Waals surface area contributed by atoms with Crippen LogP contribution in [0.1, 0.15) is 38.4 Å². The maximum absolute atomic E-state index is 15.0. The molecule has 0 saturated heterocycles. The summed E-state index contributed by atoms with van der Waals surface area (Å²) in [6.45, 7) is 0. The van der Waals surface area contributed by atoms with Crippen molar-refractivity contribution in [3.63, 3.8) is 0 Å². The average molecular weight is 673 g/mol. The minimum absolute atomic E-state index is 0.126. The molecule has 14 nitrogen and oxygen atoms in total. The maximum atomic E-state index is 15.0. The minimum atomic E-state index is -4.20. The third-order valence-corrected chi connectivity index (χ3v) is 9.32. The van der Waals surface area contributed by atoms with Gasteiger partial charge in [0.2, 0.25) is 0 Å². The zero-order valence-electron chi connectivity index (χ0n) is 25.0. The number of rotatable bonds is 9. The Morgan fingerprint density at radius 2 is 1.81 bits per heavy atom. The Morgan fingerprint density at radius 1 is 1.02 bits per heavy atom. The van der Waals surface area contributed by atoms with Gasteiger partial charge < -0.3 is 10.4 Å². The number of benzene rings is 2. The molecule has 6 rings (SSSR count). The van der Waals surface area contributed by atoms with Crippen molar-refractivity contribution in [2.24, 2.45) is 7.05 Å². The Bertz CT molecular complexity index is 2390. The molecule has 1 amide bonds. The van der Waals surface area contributed by atoms with Gasteiger partial charge in [0.25, 0.3) is 21.5 Å². The van der Waals surface area contributed by atoms with E-state index in [1.54, 1.807) is 6.07 Å². The van der Waals surface area contributed by atoms with Crippen LogP contribution >= 0.6 is 0 Å². The lowest BCUT2D eigenvalue weighted by atomic mass is 10.1. The van der Waals surface area contributed by atoms with Crippen LogP contribution in [0, 0.1) is 5.82 Å². The number of nitrogens with zero attached hydrogens (tertiary/aromatic N) is 4. The Labute approximate surface area is 270 Å². The predicted octanol–water partition coefficient (Wildman–Crippen LogP) is 1.97. The molecule has 2 aromatic carbocycles. The number of carbonyl (C=O) groups is 3. The largest absolute Gasteiger partial charge is 0.480 e. The van der Waals surface area contributed by atoms with Crippen LogP contribution in [0.5, 0.6) is 0 Å². The molecule has 5 aromatic rings. The molecule has 0 bridgehead atoms. The minimum Gasteiger partial charge on any atom is -0.480 e. The second-order valence-corrected chi connectivity index (χ2v) is 12.7. The highest BCUT2D eigenvalue weighted by molar-refractivity contribution is 7.92. The molecule has 3 heterocycles. The van der Waals surface area contributed by atoms with Gasteiger partial charge in [0, 0.05) is 37.3 Å². The summed E-state index contributed by atoms with van der Waals surface area (Å²) in [5, 5.41) is 12.2. The summed E-state index contributed by atoms with van der Waals surface area (Å²) in [7, 11) is -2.72. The number of halogens is 1.